The van der Waals surface area contributed by atoms with Gasteiger partial charge in [-0.1, -0.05) is 34.1 Å². The minimum atomic E-state index is -1.11. The second-order valence-corrected chi connectivity index (χ2v) is 8.18. The predicted octanol–water partition coefficient (Wildman–Crippen LogP) is 1.45. The van der Waals surface area contributed by atoms with Gasteiger partial charge in [-0.15, -0.1) is 0 Å². The number of aliphatic hydroxyl groups excluding tert-OH is 3. The molecule has 2 unspecified atom stereocenters. The molecule has 8 nitrogen and oxygen atoms in total. The zero-order valence-corrected chi connectivity index (χ0v) is 18.8. The molecule has 1 aliphatic rings. The molecule has 0 bridgehead atoms. The van der Waals surface area contributed by atoms with Crippen molar-refractivity contribution in [3.8, 4) is 0 Å². The normalized spacial score (nSPS) is 26.7. The maximum absolute atomic E-state index is 11.6. The summed E-state index contributed by atoms with van der Waals surface area (Å²) in [5, 5.41) is 31.7. The second-order valence-electron chi connectivity index (χ2n) is 8.18. The Balaban J connectivity index is 0.00000178. The number of nitrogens with one attached hydrogen (secondary N) is 1. The van der Waals surface area contributed by atoms with Gasteiger partial charge in [0.15, 0.2) is 6.29 Å². The van der Waals surface area contributed by atoms with Crippen molar-refractivity contribution in [3.05, 3.63) is 0 Å². The van der Waals surface area contributed by atoms with Crippen LogP contribution in [0.1, 0.15) is 59.8 Å². The van der Waals surface area contributed by atoms with Crippen LogP contribution in [0.15, 0.2) is 0 Å². The van der Waals surface area contributed by atoms with Gasteiger partial charge in [0.25, 0.3) is 0 Å². The molecule has 8 heteroatoms. The number of amides is 1. The molecule has 5 atom stereocenters. The van der Waals surface area contributed by atoms with E-state index in [9.17, 15) is 20.1 Å². The summed E-state index contributed by atoms with van der Waals surface area (Å²) in [4.78, 5) is 11.6. The number of hydrogen-bond donors (Lipinski definition) is 4. The summed E-state index contributed by atoms with van der Waals surface area (Å²) >= 11 is 0. The largest absolute Gasteiger partial charge is 0.394 e. The molecule has 1 fully saturated rings. The van der Waals surface area contributed by atoms with Crippen molar-refractivity contribution >= 4 is 5.91 Å². The molecule has 0 aromatic rings. The van der Waals surface area contributed by atoms with E-state index in [0.717, 1.165) is 31.6 Å². The van der Waals surface area contributed by atoms with E-state index in [-0.39, 0.29) is 18.4 Å². The fourth-order valence-corrected chi connectivity index (χ4v) is 2.71. The lowest BCUT2D eigenvalue weighted by Crippen LogP contribution is -2.55. The third-order valence-corrected chi connectivity index (χ3v) is 4.37. The van der Waals surface area contributed by atoms with Crippen LogP contribution in [-0.4, -0.2) is 79.3 Å². The molecule has 29 heavy (non-hydrogen) atoms. The lowest BCUT2D eigenvalue weighted by molar-refractivity contribution is -0.282. The van der Waals surface area contributed by atoms with Gasteiger partial charge < -0.3 is 34.8 Å². The molecular weight excluding hydrogens is 378 g/mol. The molecule has 0 aromatic carbocycles. The molecule has 4 N–H and O–H groups in total. The summed E-state index contributed by atoms with van der Waals surface area (Å²) in [5.74, 6) is 0.500. The van der Waals surface area contributed by atoms with Crippen LogP contribution < -0.4 is 5.32 Å². The van der Waals surface area contributed by atoms with E-state index in [1.54, 1.807) is 14.0 Å². The van der Waals surface area contributed by atoms with E-state index in [4.69, 9.17) is 14.2 Å². The van der Waals surface area contributed by atoms with Crippen LogP contribution in [0.2, 0.25) is 0 Å². The molecule has 0 aliphatic carbocycles. The summed E-state index contributed by atoms with van der Waals surface area (Å²) in [5.41, 5.74) is 0. The van der Waals surface area contributed by atoms with Crippen LogP contribution in [0.4, 0.5) is 0 Å². The van der Waals surface area contributed by atoms with Crippen molar-refractivity contribution in [2.45, 2.75) is 84.4 Å². The van der Waals surface area contributed by atoms with E-state index in [1.807, 2.05) is 0 Å². The zero-order valence-electron chi connectivity index (χ0n) is 18.8. The molecule has 0 aromatic heterocycles. The van der Waals surface area contributed by atoms with Gasteiger partial charge in [-0.3, -0.25) is 4.79 Å². The molecule has 0 saturated carbocycles. The Kier molecular flexibility index (Phi) is 16.5. The Morgan fingerprint density at radius 1 is 1.07 bits per heavy atom. The van der Waals surface area contributed by atoms with E-state index in [2.05, 4.69) is 26.1 Å². The van der Waals surface area contributed by atoms with Gasteiger partial charge in [-0.25, -0.2) is 0 Å². The standard InChI is InChI=1S/C17H33NO7.C4H10/c1-12-15(21)16(22)13(11-19)25-17(12)24-10-5-3-4-7-14(20)18-8-6-9-23-2;1-4(2)3/h12-13,15-17,19,21-22H,3-11H2,1-2H3,(H,18,20);4H,1-3H3/t12?,13?,15-,16+,17-;/m1./s1. The number of rotatable bonds is 12. The Morgan fingerprint density at radius 3 is 2.31 bits per heavy atom. The first kappa shape index (κ1) is 28.2. The minimum absolute atomic E-state index is 0.0455. The Bertz CT molecular complexity index is 404. The average molecular weight is 422 g/mol. The van der Waals surface area contributed by atoms with Crippen LogP contribution >= 0.6 is 0 Å². The molecule has 0 radical (unpaired) electrons. The molecule has 1 amide bonds. The van der Waals surface area contributed by atoms with Gasteiger partial charge in [-0.2, -0.15) is 0 Å². The van der Waals surface area contributed by atoms with Gasteiger partial charge in [0.1, 0.15) is 12.2 Å². The first-order chi connectivity index (χ1) is 13.7. The molecule has 1 heterocycles. The van der Waals surface area contributed by atoms with E-state index in [0.29, 0.717) is 26.2 Å². The monoisotopic (exact) mass is 421 g/mol. The van der Waals surface area contributed by atoms with Crippen molar-refractivity contribution in [1.82, 2.24) is 5.32 Å². The van der Waals surface area contributed by atoms with Gasteiger partial charge in [0.2, 0.25) is 5.91 Å². The SMILES string of the molecule is CC(C)C.COCCCNC(=O)CCCCCO[C@@H]1OC(CO)[C@H](O)[C@H](O)C1C. The Hall–Kier alpha value is -0.770. The second kappa shape index (κ2) is 17.0. The number of carbonyl (C=O) groups is 1. The highest BCUT2D eigenvalue weighted by atomic mass is 16.7. The van der Waals surface area contributed by atoms with Crippen molar-refractivity contribution < 1.29 is 34.3 Å². The number of carbonyl (C=O) groups excluding carboxylic acids is 1. The first-order valence-electron chi connectivity index (χ1n) is 10.7. The highest BCUT2D eigenvalue weighted by molar-refractivity contribution is 5.75. The van der Waals surface area contributed by atoms with Crippen molar-refractivity contribution in [2.75, 3.05) is 33.5 Å². The number of aliphatic hydroxyl groups is 3. The smallest absolute Gasteiger partial charge is 0.219 e. The van der Waals surface area contributed by atoms with Crippen LogP contribution in [0.3, 0.4) is 0 Å². The lowest BCUT2D eigenvalue weighted by atomic mass is 9.92. The number of ether oxygens (including phenoxy) is 3. The van der Waals surface area contributed by atoms with Crippen molar-refractivity contribution in [2.24, 2.45) is 11.8 Å². The van der Waals surface area contributed by atoms with Crippen molar-refractivity contribution in [3.63, 3.8) is 0 Å². The van der Waals surface area contributed by atoms with Gasteiger partial charge >= 0.3 is 0 Å². The third kappa shape index (κ3) is 13.2. The predicted molar refractivity (Wildman–Crippen MR) is 111 cm³/mol. The first-order valence-corrected chi connectivity index (χ1v) is 10.7. The highest BCUT2D eigenvalue weighted by Gasteiger charge is 2.42. The third-order valence-electron chi connectivity index (χ3n) is 4.37. The van der Waals surface area contributed by atoms with Crippen molar-refractivity contribution in [1.29, 1.82) is 0 Å². The van der Waals surface area contributed by atoms with E-state index >= 15 is 0 Å². The number of hydrogen-bond acceptors (Lipinski definition) is 7. The topological polar surface area (TPSA) is 117 Å². The quantitative estimate of drug-likeness (QED) is 0.352. The van der Waals surface area contributed by atoms with Gasteiger partial charge in [0, 0.05) is 39.2 Å². The van der Waals surface area contributed by atoms with E-state index in [1.165, 1.54) is 0 Å². The zero-order chi connectivity index (χ0) is 22.2. The Morgan fingerprint density at radius 2 is 1.72 bits per heavy atom. The fourth-order valence-electron chi connectivity index (χ4n) is 2.71. The fraction of sp³-hybridized carbons (Fsp3) is 0.952. The van der Waals surface area contributed by atoms with Gasteiger partial charge in [-0.05, 0) is 25.2 Å². The van der Waals surface area contributed by atoms with Gasteiger partial charge in [0.05, 0.1) is 12.7 Å². The number of unbranched alkanes of at least 4 members (excludes halogenated alkanes) is 2. The molecule has 1 aliphatic heterocycles. The van der Waals surface area contributed by atoms with E-state index < -0.39 is 24.6 Å². The summed E-state index contributed by atoms with van der Waals surface area (Å²) in [6.07, 6.45) is 0.109. The Labute approximate surface area is 175 Å². The molecule has 1 saturated heterocycles. The summed E-state index contributed by atoms with van der Waals surface area (Å²) in [7, 11) is 1.63. The molecule has 1 rings (SSSR count). The molecule has 0 spiro atoms. The number of methoxy groups -OCH3 is 1. The average Bonchev–Trinajstić information content (AvgIpc) is 2.67. The summed E-state index contributed by atoms with van der Waals surface area (Å²) in [6, 6.07) is 0. The van der Waals surface area contributed by atoms with Crippen LogP contribution in [0.5, 0.6) is 0 Å². The highest BCUT2D eigenvalue weighted by Crippen LogP contribution is 2.26. The maximum Gasteiger partial charge on any atom is 0.219 e. The minimum Gasteiger partial charge on any atom is -0.394 e. The van der Waals surface area contributed by atoms with Crippen LogP contribution in [-0.2, 0) is 19.0 Å². The van der Waals surface area contributed by atoms with Crippen LogP contribution in [0.25, 0.3) is 0 Å². The summed E-state index contributed by atoms with van der Waals surface area (Å²) in [6.45, 7) is 9.57. The molecular formula is C21H43NO7. The molecule has 174 valence electrons. The summed E-state index contributed by atoms with van der Waals surface area (Å²) < 4.78 is 16.0. The lowest BCUT2D eigenvalue weighted by Gasteiger charge is -2.40. The van der Waals surface area contributed by atoms with Crippen LogP contribution in [0, 0.1) is 11.8 Å². The maximum atomic E-state index is 11.6.